The average Bonchev–Trinajstić information content (AvgIpc) is 3.17. The van der Waals surface area contributed by atoms with Crippen LogP contribution in [0.3, 0.4) is 0 Å². The maximum absolute atomic E-state index is 12.4. The maximum Gasteiger partial charge on any atom is 0.254 e. The molecule has 98 valence electrons. The van der Waals surface area contributed by atoms with E-state index in [1.54, 1.807) is 25.3 Å². The number of hydrogen-bond donors (Lipinski definition) is 0. The average molecular weight is 333 g/mol. The van der Waals surface area contributed by atoms with Crippen LogP contribution in [-0.4, -0.2) is 37.1 Å². The lowest BCUT2D eigenvalue weighted by molar-refractivity contribution is 0.0680. The van der Waals surface area contributed by atoms with Crippen molar-refractivity contribution >= 4 is 33.4 Å². The van der Waals surface area contributed by atoms with Crippen LogP contribution in [0.25, 0.3) is 0 Å². The van der Waals surface area contributed by atoms with Crippen LogP contribution in [0.5, 0.6) is 0 Å². The molecule has 0 aliphatic heterocycles. The van der Waals surface area contributed by atoms with Gasteiger partial charge < -0.3 is 9.64 Å². The van der Waals surface area contributed by atoms with Gasteiger partial charge in [0.2, 0.25) is 0 Å². The van der Waals surface area contributed by atoms with E-state index in [1.807, 2.05) is 4.90 Å². The number of ether oxygens (including phenoxy) is 1. The van der Waals surface area contributed by atoms with Gasteiger partial charge in [-0.3, -0.25) is 4.79 Å². The van der Waals surface area contributed by atoms with Crippen molar-refractivity contribution in [2.75, 3.05) is 20.3 Å². The Hall–Kier alpha value is -0.580. The van der Waals surface area contributed by atoms with Gasteiger partial charge in [-0.2, -0.15) is 0 Å². The Kier molecular flexibility index (Phi) is 4.65. The SMILES string of the molecule is COCCN(C(=O)c1ccc(Br)c(Cl)c1)C1CC1. The van der Waals surface area contributed by atoms with E-state index in [0.717, 1.165) is 17.3 Å². The highest BCUT2D eigenvalue weighted by atomic mass is 79.9. The molecule has 18 heavy (non-hydrogen) atoms. The zero-order valence-corrected chi connectivity index (χ0v) is 12.5. The molecule has 0 saturated heterocycles. The molecule has 0 spiro atoms. The van der Waals surface area contributed by atoms with Crippen LogP contribution in [0.4, 0.5) is 0 Å². The molecule has 1 fully saturated rings. The van der Waals surface area contributed by atoms with Gasteiger partial charge in [-0.05, 0) is 47.0 Å². The predicted octanol–water partition coefficient (Wildman–Crippen LogP) is 3.35. The molecule has 0 heterocycles. The standard InChI is InChI=1S/C13H15BrClNO2/c1-18-7-6-16(10-3-4-10)13(17)9-2-5-11(14)12(15)8-9/h2,5,8,10H,3-4,6-7H2,1H3. The number of methoxy groups -OCH3 is 1. The number of rotatable bonds is 5. The Balaban J connectivity index is 2.13. The molecule has 2 rings (SSSR count). The van der Waals surface area contributed by atoms with Crippen molar-refractivity contribution in [1.29, 1.82) is 0 Å². The Bertz CT molecular complexity index is 449. The second-order valence-corrected chi connectivity index (χ2v) is 5.61. The Labute approximate surface area is 120 Å². The normalized spacial score (nSPS) is 14.6. The van der Waals surface area contributed by atoms with Crippen molar-refractivity contribution in [3.8, 4) is 0 Å². The lowest BCUT2D eigenvalue weighted by atomic mass is 10.2. The van der Waals surface area contributed by atoms with Gasteiger partial charge in [0.1, 0.15) is 0 Å². The highest BCUT2D eigenvalue weighted by Crippen LogP contribution is 2.29. The summed E-state index contributed by atoms with van der Waals surface area (Å²) >= 11 is 9.34. The third kappa shape index (κ3) is 3.25. The molecule has 0 atom stereocenters. The van der Waals surface area contributed by atoms with E-state index in [9.17, 15) is 4.79 Å². The van der Waals surface area contributed by atoms with Crippen molar-refractivity contribution in [3.63, 3.8) is 0 Å². The zero-order valence-electron chi connectivity index (χ0n) is 10.2. The molecular formula is C13H15BrClNO2. The zero-order chi connectivity index (χ0) is 13.1. The number of carbonyl (C=O) groups excluding carboxylic acids is 1. The molecule has 0 radical (unpaired) electrons. The van der Waals surface area contributed by atoms with Crippen LogP contribution >= 0.6 is 27.5 Å². The minimum absolute atomic E-state index is 0.0314. The summed E-state index contributed by atoms with van der Waals surface area (Å²) in [6.07, 6.45) is 2.17. The van der Waals surface area contributed by atoms with E-state index in [2.05, 4.69) is 15.9 Å². The highest BCUT2D eigenvalue weighted by Gasteiger charge is 2.32. The van der Waals surface area contributed by atoms with Crippen molar-refractivity contribution < 1.29 is 9.53 Å². The van der Waals surface area contributed by atoms with Gasteiger partial charge in [-0.1, -0.05) is 11.6 Å². The summed E-state index contributed by atoms with van der Waals surface area (Å²) in [7, 11) is 1.64. The summed E-state index contributed by atoms with van der Waals surface area (Å²) in [4.78, 5) is 14.3. The third-order valence-corrected chi connectivity index (χ3v) is 4.18. The van der Waals surface area contributed by atoms with Gasteiger partial charge in [0.25, 0.3) is 5.91 Å². The van der Waals surface area contributed by atoms with E-state index in [0.29, 0.717) is 29.8 Å². The predicted molar refractivity (Wildman–Crippen MR) is 75.1 cm³/mol. The van der Waals surface area contributed by atoms with E-state index in [-0.39, 0.29) is 5.91 Å². The number of halogens is 2. The van der Waals surface area contributed by atoms with Crippen LogP contribution in [0, 0.1) is 0 Å². The highest BCUT2D eigenvalue weighted by molar-refractivity contribution is 9.10. The van der Waals surface area contributed by atoms with Gasteiger partial charge in [-0.25, -0.2) is 0 Å². The first-order chi connectivity index (χ1) is 8.63. The molecule has 0 N–H and O–H groups in total. The fourth-order valence-corrected chi connectivity index (χ4v) is 2.25. The Morgan fingerprint density at radius 2 is 2.28 bits per heavy atom. The number of carbonyl (C=O) groups is 1. The van der Waals surface area contributed by atoms with Crippen molar-refractivity contribution in [2.24, 2.45) is 0 Å². The fraction of sp³-hybridized carbons (Fsp3) is 0.462. The topological polar surface area (TPSA) is 29.5 Å². The van der Waals surface area contributed by atoms with E-state index in [4.69, 9.17) is 16.3 Å². The van der Waals surface area contributed by atoms with Crippen LogP contribution in [-0.2, 0) is 4.74 Å². The van der Waals surface area contributed by atoms with Crippen LogP contribution in [0.2, 0.25) is 5.02 Å². The fourth-order valence-electron chi connectivity index (χ4n) is 1.82. The quantitative estimate of drug-likeness (QED) is 0.827. The van der Waals surface area contributed by atoms with Gasteiger partial charge in [0.05, 0.1) is 11.6 Å². The second-order valence-electron chi connectivity index (χ2n) is 4.35. The van der Waals surface area contributed by atoms with Gasteiger partial charge in [0, 0.05) is 29.7 Å². The van der Waals surface area contributed by atoms with Crippen molar-refractivity contribution in [3.05, 3.63) is 33.3 Å². The molecule has 5 heteroatoms. The van der Waals surface area contributed by atoms with Gasteiger partial charge >= 0.3 is 0 Å². The molecule has 1 aromatic rings. The van der Waals surface area contributed by atoms with Crippen LogP contribution in [0.1, 0.15) is 23.2 Å². The minimum atomic E-state index is 0.0314. The first-order valence-electron chi connectivity index (χ1n) is 5.88. The maximum atomic E-state index is 12.4. The van der Waals surface area contributed by atoms with Gasteiger partial charge in [-0.15, -0.1) is 0 Å². The molecule has 1 amide bonds. The summed E-state index contributed by atoms with van der Waals surface area (Å²) in [6.45, 7) is 1.19. The second kappa shape index (κ2) is 6.04. The molecule has 1 aliphatic carbocycles. The summed E-state index contributed by atoms with van der Waals surface area (Å²) in [5.74, 6) is 0.0314. The lowest BCUT2D eigenvalue weighted by Crippen LogP contribution is -2.35. The molecular weight excluding hydrogens is 318 g/mol. The molecule has 0 unspecified atom stereocenters. The van der Waals surface area contributed by atoms with E-state index < -0.39 is 0 Å². The number of nitrogens with zero attached hydrogens (tertiary/aromatic N) is 1. The van der Waals surface area contributed by atoms with E-state index >= 15 is 0 Å². The van der Waals surface area contributed by atoms with Crippen LogP contribution in [0.15, 0.2) is 22.7 Å². The third-order valence-electron chi connectivity index (χ3n) is 2.95. The summed E-state index contributed by atoms with van der Waals surface area (Å²) < 4.78 is 5.85. The summed E-state index contributed by atoms with van der Waals surface area (Å²) in [5, 5.41) is 0.559. The first-order valence-corrected chi connectivity index (χ1v) is 7.05. The number of benzene rings is 1. The number of hydrogen-bond acceptors (Lipinski definition) is 2. The largest absolute Gasteiger partial charge is 0.383 e. The Morgan fingerprint density at radius 1 is 1.56 bits per heavy atom. The Morgan fingerprint density at radius 3 is 2.83 bits per heavy atom. The minimum Gasteiger partial charge on any atom is -0.383 e. The first kappa shape index (κ1) is 13.8. The molecule has 1 aliphatic rings. The molecule has 1 aromatic carbocycles. The molecule has 1 saturated carbocycles. The van der Waals surface area contributed by atoms with Gasteiger partial charge in [0.15, 0.2) is 0 Å². The van der Waals surface area contributed by atoms with E-state index in [1.165, 1.54) is 0 Å². The lowest BCUT2D eigenvalue weighted by Gasteiger charge is -2.22. The summed E-state index contributed by atoms with van der Waals surface area (Å²) in [6, 6.07) is 5.67. The molecule has 0 bridgehead atoms. The molecule has 3 nitrogen and oxygen atoms in total. The molecule has 0 aromatic heterocycles. The van der Waals surface area contributed by atoms with Crippen molar-refractivity contribution in [2.45, 2.75) is 18.9 Å². The van der Waals surface area contributed by atoms with Crippen molar-refractivity contribution in [1.82, 2.24) is 4.90 Å². The smallest absolute Gasteiger partial charge is 0.254 e. The van der Waals surface area contributed by atoms with Crippen LogP contribution < -0.4 is 0 Å². The number of amides is 1. The monoisotopic (exact) mass is 331 g/mol. The summed E-state index contributed by atoms with van der Waals surface area (Å²) in [5.41, 5.74) is 0.631.